The maximum Gasteiger partial charge on any atom is 0.164 e. The monoisotopic (exact) mass is 812 g/mol. The lowest BCUT2D eigenvalue weighted by atomic mass is 9.80. The van der Waals surface area contributed by atoms with Gasteiger partial charge >= 0.3 is 0 Å². The third kappa shape index (κ3) is 9.03. The molecule has 4 radical (unpaired) electrons. The third-order valence-corrected chi connectivity index (χ3v) is 12.1. The van der Waals surface area contributed by atoms with E-state index in [2.05, 4.69) is 105 Å². The Morgan fingerprint density at radius 2 is 1.50 bits per heavy atom. The highest BCUT2D eigenvalue weighted by atomic mass is 32.1. The molecule has 7 rings (SSSR count). The molecule has 0 fully saturated rings. The minimum atomic E-state index is 0.496. The maximum absolute atomic E-state index is 6.06. The molecule has 60 heavy (non-hydrogen) atoms. The van der Waals surface area contributed by atoms with Gasteiger partial charge < -0.3 is 4.57 Å². The molecule has 4 aromatic heterocycles. The van der Waals surface area contributed by atoms with Gasteiger partial charge in [-0.05, 0) is 86.9 Å². The molecule has 0 unspecified atom stereocenters. The number of aromatic nitrogens is 6. The summed E-state index contributed by atoms with van der Waals surface area (Å²) in [6.45, 7) is 21.2. The summed E-state index contributed by atoms with van der Waals surface area (Å²) in [5, 5.41) is 1.70. The smallest absolute Gasteiger partial charge is 0.164 e. The Hall–Kier alpha value is -6.16. The summed E-state index contributed by atoms with van der Waals surface area (Å²) in [6.07, 6.45) is 12.6. The Kier molecular flexibility index (Phi) is 13.2. The summed E-state index contributed by atoms with van der Waals surface area (Å²) < 4.78 is 4.34. The fourth-order valence-electron chi connectivity index (χ4n) is 6.91. The number of thiazole rings is 2. The van der Waals surface area contributed by atoms with Gasteiger partial charge in [0.05, 0.1) is 25.8 Å². The van der Waals surface area contributed by atoms with Crippen molar-refractivity contribution in [1.82, 2.24) is 29.5 Å². The van der Waals surface area contributed by atoms with Crippen molar-refractivity contribution in [2.45, 2.75) is 41.3 Å². The van der Waals surface area contributed by atoms with Gasteiger partial charge in [-0.3, -0.25) is 4.98 Å². The first-order chi connectivity index (χ1) is 29.1. The second-order valence-electron chi connectivity index (χ2n) is 14.1. The molecule has 0 aliphatic heterocycles. The standard InChI is InChI=1S/C49H43B3N6S2/c1-9-42-39(38(23-24-51-7)33(6)58(42)37-21-22-44-41(28-37)54-49(50)60-44)26-31(4)30(3)25-36(29-52-8)48-53-40(43(10-2)59-48)27-32(5)45-55-46(34-17-13-11-14-18-34)57-47(56-45)35-19-15-12-16-20-35/h9-29H,1,5H2,2-4,6-8H3/b24-23-,30-25+,31-26+,36-29+,40-27+,43-10+. The zero-order valence-electron chi connectivity index (χ0n) is 34.8. The quantitative estimate of drug-likeness (QED) is 0.0857. The predicted octanol–water partition coefficient (Wildman–Crippen LogP) is 9.97. The lowest BCUT2D eigenvalue weighted by Gasteiger charge is -2.10. The van der Waals surface area contributed by atoms with Gasteiger partial charge in [0.15, 0.2) is 25.3 Å². The van der Waals surface area contributed by atoms with E-state index in [4.69, 9.17) is 27.8 Å². The predicted molar refractivity (Wildman–Crippen MR) is 263 cm³/mol. The van der Waals surface area contributed by atoms with Crippen LogP contribution in [0.1, 0.15) is 54.1 Å². The molecular weight excluding hydrogens is 769 g/mol. The average Bonchev–Trinajstić information content (AvgIpc) is 3.94. The van der Waals surface area contributed by atoms with Crippen LogP contribution < -0.4 is 14.8 Å². The fraction of sp³-hybridized carbons (Fsp3) is 0.122. The maximum atomic E-state index is 6.06. The van der Waals surface area contributed by atoms with Crippen molar-refractivity contribution in [3.8, 4) is 28.5 Å². The highest BCUT2D eigenvalue weighted by molar-refractivity contribution is 7.25. The van der Waals surface area contributed by atoms with Crippen LogP contribution in [0.2, 0.25) is 13.6 Å². The van der Waals surface area contributed by atoms with Gasteiger partial charge in [-0.1, -0.05) is 99.6 Å². The van der Waals surface area contributed by atoms with Gasteiger partial charge in [0.2, 0.25) is 0 Å². The summed E-state index contributed by atoms with van der Waals surface area (Å²) in [4.78, 5) is 24.9. The summed E-state index contributed by atoms with van der Waals surface area (Å²) in [5.41, 5.74) is 11.9. The highest BCUT2D eigenvalue weighted by Crippen LogP contribution is 2.33. The first kappa shape index (κ1) is 42.0. The van der Waals surface area contributed by atoms with Crippen LogP contribution in [0.5, 0.6) is 0 Å². The Morgan fingerprint density at radius 3 is 2.12 bits per heavy atom. The number of benzene rings is 3. The van der Waals surface area contributed by atoms with E-state index in [-0.39, 0.29) is 0 Å². The first-order valence-corrected chi connectivity index (χ1v) is 21.3. The second-order valence-corrected chi connectivity index (χ2v) is 16.2. The lowest BCUT2D eigenvalue weighted by molar-refractivity contribution is 1.00. The molecule has 0 N–H and O–H groups in total. The van der Waals surface area contributed by atoms with Crippen LogP contribution in [0.4, 0.5) is 0 Å². The molecule has 0 saturated carbocycles. The van der Waals surface area contributed by atoms with Crippen LogP contribution in [0, 0.1) is 6.92 Å². The van der Waals surface area contributed by atoms with E-state index in [1.54, 1.807) is 11.3 Å². The molecule has 4 heterocycles. The Morgan fingerprint density at radius 1 is 0.817 bits per heavy atom. The largest absolute Gasteiger partial charge is 0.313 e. The SMILES string of the molecule is [B]c1nc2cc(-n3c(C)c(/C=C\[B]C)c(/C=C(C)/C(C)=C/C(=C\[B]C)c4nc(=C/C(=C)c5nc(-c6ccccc6)nc(-c6ccccc6)n5)/c(=C\C)s4)c3C=C)ccc2s1. The molecule has 7 aromatic rings. The summed E-state index contributed by atoms with van der Waals surface area (Å²) in [5.74, 6) is 5.86. The van der Waals surface area contributed by atoms with Crippen LogP contribution in [-0.2, 0) is 0 Å². The number of allylic oxidation sites excluding steroid dienone is 5. The van der Waals surface area contributed by atoms with Crippen LogP contribution in [0.3, 0.4) is 0 Å². The van der Waals surface area contributed by atoms with Crippen molar-refractivity contribution >= 4 is 102 Å². The van der Waals surface area contributed by atoms with Crippen molar-refractivity contribution in [1.29, 1.82) is 0 Å². The van der Waals surface area contributed by atoms with E-state index in [9.17, 15) is 0 Å². The highest BCUT2D eigenvalue weighted by Gasteiger charge is 2.19. The van der Waals surface area contributed by atoms with E-state index in [0.717, 1.165) is 81.2 Å². The Labute approximate surface area is 363 Å². The van der Waals surface area contributed by atoms with E-state index in [1.807, 2.05) is 101 Å². The number of hydrogen-bond donors (Lipinski definition) is 0. The topological polar surface area (TPSA) is 69.4 Å². The second kappa shape index (κ2) is 18.8. The van der Waals surface area contributed by atoms with E-state index < -0.39 is 0 Å². The lowest BCUT2D eigenvalue weighted by Crippen LogP contribution is -2.20. The molecule has 0 amide bonds. The minimum absolute atomic E-state index is 0.496. The van der Waals surface area contributed by atoms with Crippen molar-refractivity contribution in [2.24, 2.45) is 0 Å². The van der Waals surface area contributed by atoms with E-state index in [0.29, 0.717) is 28.0 Å². The van der Waals surface area contributed by atoms with Crippen LogP contribution >= 0.6 is 22.7 Å². The van der Waals surface area contributed by atoms with Crippen molar-refractivity contribution < 1.29 is 0 Å². The van der Waals surface area contributed by atoms with E-state index >= 15 is 0 Å². The molecule has 0 aliphatic rings. The minimum Gasteiger partial charge on any atom is -0.313 e. The fourth-order valence-corrected chi connectivity index (χ4v) is 8.55. The summed E-state index contributed by atoms with van der Waals surface area (Å²) in [7, 11) is 10.2. The number of hydrogen-bond acceptors (Lipinski definition) is 7. The van der Waals surface area contributed by atoms with Crippen molar-refractivity contribution in [3.05, 3.63) is 164 Å². The van der Waals surface area contributed by atoms with Crippen molar-refractivity contribution in [3.63, 3.8) is 0 Å². The Balaban J connectivity index is 1.26. The van der Waals surface area contributed by atoms with Crippen LogP contribution in [-0.4, -0.2) is 51.9 Å². The van der Waals surface area contributed by atoms with Crippen LogP contribution in [0.15, 0.2) is 121 Å². The molecule has 0 saturated heterocycles. The molecule has 290 valence electrons. The normalized spacial score (nSPS) is 13.1. The van der Waals surface area contributed by atoms with Gasteiger partial charge in [0, 0.05) is 44.1 Å². The molecule has 0 spiro atoms. The molecular formula is C49H43B3N6S2. The van der Waals surface area contributed by atoms with Crippen molar-refractivity contribution in [2.75, 3.05) is 0 Å². The first-order valence-electron chi connectivity index (χ1n) is 19.7. The molecule has 0 aliphatic carbocycles. The van der Waals surface area contributed by atoms with Gasteiger partial charge in [-0.25, -0.2) is 19.9 Å². The third-order valence-electron chi connectivity index (χ3n) is 10.0. The number of nitrogens with zero attached hydrogens (tertiary/aromatic N) is 6. The van der Waals surface area contributed by atoms with Gasteiger partial charge in [-0.15, -0.1) is 34.6 Å². The summed E-state index contributed by atoms with van der Waals surface area (Å²) in [6, 6.07) is 26.2. The van der Waals surface area contributed by atoms with Crippen LogP contribution in [0.25, 0.3) is 80.2 Å². The molecule has 6 nitrogen and oxygen atoms in total. The zero-order valence-corrected chi connectivity index (χ0v) is 36.4. The Bertz CT molecular complexity index is 2930. The van der Waals surface area contributed by atoms with Gasteiger partial charge in [-0.2, -0.15) is 0 Å². The molecule has 11 heteroatoms. The molecule has 3 aromatic carbocycles. The van der Waals surface area contributed by atoms with E-state index in [1.165, 1.54) is 11.3 Å². The molecule has 0 bridgehead atoms. The van der Waals surface area contributed by atoms with Gasteiger partial charge in [0.1, 0.15) is 19.6 Å². The summed E-state index contributed by atoms with van der Waals surface area (Å²) >= 11 is 3.13. The number of rotatable bonds is 13. The molecule has 0 atom stereocenters. The van der Waals surface area contributed by atoms with Gasteiger partial charge in [0.25, 0.3) is 0 Å². The average molecular weight is 812 g/mol. The zero-order chi connectivity index (χ0) is 42.3. The number of fused-ring (bicyclic) bond motifs is 1.